The van der Waals surface area contributed by atoms with E-state index in [1.54, 1.807) is 46.5 Å². The predicted molar refractivity (Wildman–Crippen MR) is 527 cm³/mol. The minimum Gasteiger partial charge on any atom is -0.367 e. The summed E-state index contributed by atoms with van der Waals surface area (Å²) in [6, 6.07) is 121. The van der Waals surface area contributed by atoms with Gasteiger partial charge in [0.2, 0.25) is 0 Å². The first-order chi connectivity index (χ1) is 66.6. The fraction of sp³-hybridized carbons (Fsp3) is 0.0270. The van der Waals surface area contributed by atoms with Crippen molar-refractivity contribution in [1.82, 2.24) is 116 Å². The van der Waals surface area contributed by atoms with Gasteiger partial charge in [0.25, 0.3) is 0 Å². The van der Waals surface area contributed by atoms with Gasteiger partial charge in [-0.3, -0.25) is 19.6 Å². The van der Waals surface area contributed by atoms with Crippen molar-refractivity contribution < 1.29 is 63.2 Å². The van der Waals surface area contributed by atoms with E-state index in [1.165, 1.54) is 0 Å². The molecule has 138 heavy (non-hydrogen) atoms. The van der Waals surface area contributed by atoms with Gasteiger partial charge in [-0.05, 0) is 206 Å². The number of benzene rings is 12. The molecule has 12 aromatic carbocycles. The number of hydrogen-bond acceptors (Lipinski definition) is 12. The Morgan fingerprint density at radius 1 is 0.232 bits per heavy atom. The number of nitrogens with zero attached hydrogens (tertiary/aromatic N) is 24. The Bertz CT molecular complexity index is 9150. The summed E-state index contributed by atoms with van der Waals surface area (Å²) in [7, 11) is 6.15. The molecule has 0 spiro atoms. The zero-order valence-electron chi connectivity index (χ0n) is 73.6. The molecule has 0 unspecified atom stereocenters. The van der Waals surface area contributed by atoms with E-state index in [0.29, 0.717) is 0 Å². The van der Waals surface area contributed by atoms with E-state index in [4.69, 9.17) is 24.9 Å². The molecule has 27 rings (SSSR count). The largest absolute Gasteiger partial charge is 2.00 e. The zero-order valence-corrected chi connectivity index (χ0v) is 80.4. The van der Waals surface area contributed by atoms with Crippen LogP contribution in [0.15, 0.2) is 384 Å². The molecule has 0 amide bonds. The SMILES string of the molecule is Cn1c(-c2[c-]c3c(cc2)c2cc(-n4cccn4)ccc2n3-c2[c-]c(-c3ccc(-n4cccn4)cn3)ccc2)nc2ccccc21.Cn1c(-c2[c-]c3c(cc2)c2cc(-n4cccn4)ccc2n3-c2[c-]c(-c3ccccn3)ccc2)nc2ccc(-n3cccn3)cc21.Cn1c(-c2[c-]c3c(cc2)c2ccccc2n3-c2[c-]c(-c3ccc(-n4cccn4)cn3)ccc2-n2cccn2)nc2ccccc21.[Pt+2].[Pt+2].[Pt+2]. The number of para-hydroxylation sites is 5. The van der Waals surface area contributed by atoms with Gasteiger partial charge in [-0.1, -0.05) is 82.9 Å². The smallest absolute Gasteiger partial charge is 0.367 e. The number of aromatic nitrogens is 24. The average Bonchev–Trinajstić information content (AvgIpc) is 1.58. The maximum Gasteiger partial charge on any atom is 2.00 e. The molecule has 0 aliphatic rings. The zero-order chi connectivity index (χ0) is 89.7. The molecule has 0 saturated carbocycles. The van der Waals surface area contributed by atoms with E-state index < -0.39 is 0 Å². The summed E-state index contributed by atoms with van der Waals surface area (Å²) in [4.78, 5) is 29.1. The van der Waals surface area contributed by atoms with Crippen molar-refractivity contribution in [1.29, 1.82) is 0 Å². The number of rotatable bonds is 15. The summed E-state index contributed by atoms with van der Waals surface area (Å²) in [5, 5.41) is 33.2. The van der Waals surface area contributed by atoms with Gasteiger partial charge in [-0.25, -0.2) is 23.4 Å². The molecule has 0 aliphatic heterocycles. The molecular formula is C111H72N24Pt3. The quantitative estimate of drug-likeness (QED) is 0.0877. The number of fused-ring (bicyclic) bond motifs is 12. The molecule has 27 aromatic rings. The van der Waals surface area contributed by atoms with E-state index in [0.717, 1.165) is 218 Å². The first-order valence-corrected chi connectivity index (χ1v) is 43.9. The van der Waals surface area contributed by atoms with Crippen molar-refractivity contribution in [3.05, 3.63) is 421 Å². The van der Waals surface area contributed by atoms with Gasteiger partial charge in [-0.2, -0.15) is 30.6 Å². The number of imidazole rings is 3. The first kappa shape index (κ1) is 86.6. The maximum absolute atomic E-state index is 5.03. The molecule has 0 bridgehead atoms. The second-order valence-electron chi connectivity index (χ2n) is 32.7. The Morgan fingerprint density at radius 3 is 1.06 bits per heavy atom. The van der Waals surface area contributed by atoms with E-state index >= 15 is 0 Å². The van der Waals surface area contributed by atoms with Gasteiger partial charge < -0.3 is 42.4 Å². The molecule has 0 radical (unpaired) electrons. The standard InChI is InChI=1S/3C37H24N8.3Pt/c1-42-33-11-5-3-9-31(33)41-37(42)26-12-15-29-28-8-2-4-10-32(28)45(35(29)23-26)36-22-25(13-17-34(36)44-21-7-19-40-44)30-16-14-27(24-38-30)43-20-6-18-39-43;1-42-36-24-28(44-20-6-18-40-44)11-14-33(36)41-37(42)26-10-13-30-31-23-27(43-19-5-17-39-43)12-15-34(31)45(35(30)22-26)29-8-4-7-25(21-29)32-9-2-3-16-38-32;1-42-35-10-3-2-9-33(35)41-37(42)26-11-14-30-31-23-27(43-19-5-17-39-43)13-16-34(31)45(36(30)22-26)28-8-4-7-25(21-28)32-15-12-29(24-38-32)44-20-6-18-40-44;;;/h2-21,24H,1H3;2*2-20,23-24H,1H3;;;/q3*-2;3*+2. The van der Waals surface area contributed by atoms with Crippen molar-refractivity contribution in [3.63, 3.8) is 0 Å². The summed E-state index contributed by atoms with van der Waals surface area (Å²) >= 11 is 0. The van der Waals surface area contributed by atoms with Gasteiger partial charge >= 0.3 is 63.2 Å². The molecule has 0 atom stereocenters. The van der Waals surface area contributed by atoms with Crippen LogP contribution in [0.5, 0.6) is 0 Å². The van der Waals surface area contributed by atoms with Crippen LogP contribution in [-0.2, 0) is 84.3 Å². The summed E-state index contributed by atoms with van der Waals surface area (Å²) in [6.45, 7) is 0. The molecule has 0 fully saturated rings. The third kappa shape index (κ3) is 15.4. The number of hydrogen-bond donors (Lipinski definition) is 0. The van der Waals surface area contributed by atoms with Crippen LogP contribution in [0, 0.1) is 36.4 Å². The molecule has 666 valence electrons. The molecular weight excluding hydrogens is 2250 g/mol. The van der Waals surface area contributed by atoms with Gasteiger partial charge in [0.05, 0.1) is 79.0 Å². The van der Waals surface area contributed by atoms with Crippen molar-refractivity contribution in [3.8, 4) is 119 Å². The second-order valence-corrected chi connectivity index (χ2v) is 32.7. The maximum atomic E-state index is 5.03. The topological polar surface area (TPSA) is 214 Å². The van der Waals surface area contributed by atoms with Crippen LogP contribution in [0.4, 0.5) is 0 Å². The number of aryl methyl sites for hydroxylation is 3. The third-order valence-corrected chi connectivity index (χ3v) is 24.8. The second kappa shape index (κ2) is 36.2. The molecule has 15 aromatic heterocycles. The van der Waals surface area contributed by atoms with Crippen LogP contribution >= 0.6 is 0 Å². The van der Waals surface area contributed by atoms with Crippen LogP contribution < -0.4 is 0 Å². The van der Waals surface area contributed by atoms with E-state index in [-0.39, 0.29) is 63.2 Å². The predicted octanol–water partition coefficient (Wildman–Crippen LogP) is 22.1. The van der Waals surface area contributed by atoms with Crippen LogP contribution in [0.1, 0.15) is 0 Å². The third-order valence-electron chi connectivity index (χ3n) is 24.8. The van der Waals surface area contributed by atoms with Crippen molar-refractivity contribution in [2.75, 3.05) is 0 Å². The Hall–Kier alpha value is -16.8. The fourth-order valence-electron chi connectivity index (χ4n) is 18.4. The monoisotopic (exact) mass is 2330 g/mol. The van der Waals surface area contributed by atoms with Crippen LogP contribution in [-0.4, -0.2) is 116 Å². The fourth-order valence-corrected chi connectivity index (χ4v) is 18.4. The van der Waals surface area contributed by atoms with Crippen LogP contribution in [0.3, 0.4) is 0 Å². The normalized spacial score (nSPS) is 11.4. The van der Waals surface area contributed by atoms with E-state index in [9.17, 15) is 0 Å². The van der Waals surface area contributed by atoms with Crippen molar-refractivity contribution >= 4 is 98.5 Å². The minimum atomic E-state index is 0. The minimum absolute atomic E-state index is 0. The molecule has 27 heteroatoms. The van der Waals surface area contributed by atoms with E-state index in [1.807, 2.05) is 227 Å². The Kier molecular flexibility index (Phi) is 22.7. The molecule has 0 N–H and O–H groups in total. The molecule has 0 saturated heterocycles. The Labute approximate surface area is 831 Å². The van der Waals surface area contributed by atoms with Crippen LogP contribution in [0.2, 0.25) is 0 Å². The van der Waals surface area contributed by atoms with Gasteiger partial charge in [0.1, 0.15) is 0 Å². The van der Waals surface area contributed by atoms with Crippen molar-refractivity contribution in [2.45, 2.75) is 0 Å². The average molecular weight is 2330 g/mol. The van der Waals surface area contributed by atoms with Crippen molar-refractivity contribution in [2.24, 2.45) is 21.1 Å². The molecule has 24 nitrogen and oxygen atoms in total. The molecule has 0 aliphatic carbocycles. The summed E-state index contributed by atoms with van der Waals surface area (Å²) < 4.78 is 24.1. The van der Waals surface area contributed by atoms with Gasteiger partial charge in [0, 0.05) is 136 Å². The summed E-state index contributed by atoms with van der Waals surface area (Å²) in [5.74, 6) is 2.57. The number of pyridine rings is 3. The van der Waals surface area contributed by atoms with Gasteiger partial charge in [-0.15, -0.1) is 155 Å². The van der Waals surface area contributed by atoms with Gasteiger partial charge in [0.15, 0.2) is 0 Å². The summed E-state index contributed by atoms with van der Waals surface area (Å²) in [6.07, 6.45) is 27.7. The summed E-state index contributed by atoms with van der Waals surface area (Å²) in [5.41, 5.74) is 28.2. The first-order valence-electron chi connectivity index (χ1n) is 43.9. The van der Waals surface area contributed by atoms with E-state index in [2.05, 4.69) is 259 Å². The Balaban J connectivity index is 0.000000118. The molecule has 15 heterocycles. The van der Waals surface area contributed by atoms with Crippen LogP contribution in [0.25, 0.3) is 218 Å². The Morgan fingerprint density at radius 2 is 0.609 bits per heavy atom.